The molecule has 3 amide bonds. The molecule has 1 aliphatic rings. The third kappa shape index (κ3) is 0.996. The average molecular weight is 182 g/mol. The molecule has 12 heavy (non-hydrogen) atoms. The van der Waals surface area contributed by atoms with Crippen LogP contribution in [0.1, 0.15) is 5.82 Å². The van der Waals surface area contributed by atoms with Gasteiger partial charge in [0.2, 0.25) is 0 Å². The quantitative estimate of drug-likeness (QED) is 0.639. The maximum absolute atomic E-state index is 10.9. The number of nitrogens with zero attached hydrogens (tertiary/aromatic N) is 3. The molecule has 0 bridgehead atoms. The Hall–Kier alpha value is -1.63. The van der Waals surface area contributed by atoms with Crippen molar-refractivity contribution in [3.05, 3.63) is 11.3 Å². The number of aromatic nitrogens is 2. The fraction of sp³-hybridized carbons (Fsp3) is 0. The van der Waals surface area contributed by atoms with E-state index in [4.69, 9.17) is 0 Å². The molecule has 1 N–H and O–H groups in total. The minimum absolute atomic E-state index is 0.0127. The summed E-state index contributed by atoms with van der Waals surface area (Å²) in [4.78, 5) is 28.7. The number of amides is 3. The highest BCUT2D eigenvalue weighted by Gasteiger charge is 2.26. The summed E-state index contributed by atoms with van der Waals surface area (Å²) in [7, 11) is 0. The van der Waals surface area contributed by atoms with E-state index in [-0.39, 0.29) is 11.5 Å². The van der Waals surface area contributed by atoms with Gasteiger partial charge in [0.05, 0.1) is 0 Å². The van der Waals surface area contributed by atoms with E-state index in [1.807, 2.05) is 5.32 Å². The summed E-state index contributed by atoms with van der Waals surface area (Å²) in [5.41, 5.74) is 1.45. The van der Waals surface area contributed by atoms with Gasteiger partial charge >= 0.3 is 6.03 Å². The lowest BCUT2D eigenvalue weighted by atomic mass is 10.3. The van der Waals surface area contributed by atoms with E-state index in [0.717, 1.165) is 11.5 Å². The van der Waals surface area contributed by atoms with Gasteiger partial charge in [0.25, 0.3) is 5.91 Å². The van der Waals surface area contributed by atoms with Gasteiger partial charge in [-0.05, 0) is 11.5 Å². The van der Waals surface area contributed by atoms with Gasteiger partial charge < -0.3 is 0 Å². The van der Waals surface area contributed by atoms with E-state index in [2.05, 4.69) is 14.3 Å². The second-order valence-corrected chi connectivity index (χ2v) is 2.58. The monoisotopic (exact) mass is 182 g/mol. The molecule has 0 unspecified atom stereocenters. The molecule has 7 heteroatoms. The van der Waals surface area contributed by atoms with Gasteiger partial charge in [0, 0.05) is 0 Å². The van der Waals surface area contributed by atoms with Crippen LogP contribution in [-0.2, 0) is 4.79 Å². The standard InChI is InChI=1S/C5H2N4O2S/c10-4-2(7-5(11)8-4)3-6-1-12-9-3/h1H,(H,8,10,11). The molecule has 60 valence electrons. The molecule has 0 aromatic carbocycles. The molecule has 0 saturated carbocycles. The van der Waals surface area contributed by atoms with Crippen LogP contribution in [0.5, 0.6) is 0 Å². The predicted octanol–water partition coefficient (Wildman–Crippen LogP) is -0.423. The Labute approximate surface area is 70.5 Å². The van der Waals surface area contributed by atoms with Crippen LogP contribution in [0, 0.1) is 0 Å². The fourth-order valence-electron chi connectivity index (χ4n) is 0.763. The Kier molecular flexibility index (Phi) is 1.44. The van der Waals surface area contributed by atoms with Crippen LogP contribution in [0.2, 0.25) is 0 Å². The number of nitrogens with one attached hydrogen (secondary N) is 1. The van der Waals surface area contributed by atoms with Crippen LogP contribution < -0.4 is 5.32 Å². The highest BCUT2D eigenvalue weighted by Crippen LogP contribution is 2.01. The molecule has 0 atom stereocenters. The number of hydrogen-bond donors (Lipinski definition) is 1. The Morgan fingerprint density at radius 3 is 2.75 bits per heavy atom. The van der Waals surface area contributed by atoms with Crippen molar-refractivity contribution in [3.63, 3.8) is 0 Å². The summed E-state index contributed by atoms with van der Waals surface area (Å²) < 4.78 is 3.77. The molecule has 0 aliphatic carbocycles. The van der Waals surface area contributed by atoms with Gasteiger partial charge in [-0.3, -0.25) is 10.1 Å². The van der Waals surface area contributed by atoms with Gasteiger partial charge in [0.15, 0.2) is 11.5 Å². The lowest BCUT2D eigenvalue weighted by Crippen LogP contribution is -2.26. The molecule has 1 aromatic heterocycles. The van der Waals surface area contributed by atoms with E-state index in [0.29, 0.717) is 0 Å². The van der Waals surface area contributed by atoms with Crippen LogP contribution >= 0.6 is 11.5 Å². The maximum atomic E-state index is 10.9. The lowest BCUT2D eigenvalue weighted by Gasteiger charge is -1.86. The van der Waals surface area contributed by atoms with Crippen molar-refractivity contribution in [2.24, 2.45) is 4.99 Å². The van der Waals surface area contributed by atoms with E-state index in [1.54, 1.807) is 0 Å². The molecule has 6 nitrogen and oxygen atoms in total. The highest BCUT2D eigenvalue weighted by molar-refractivity contribution is 7.03. The summed E-state index contributed by atoms with van der Waals surface area (Å²) in [6.45, 7) is 0. The number of imide groups is 1. The predicted molar refractivity (Wildman–Crippen MR) is 40.0 cm³/mol. The molecule has 0 fully saturated rings. The van der Waals surface area contributed by atoms with E-state index >= 15 is 0 Å². The van der Waals surface area contributed by atoms with Gasteiger partial charge in [-0.25, -0.2) is 9.78 Å². The van der Waals surface area contributed by atoms with Crippen molar-refractivity contribution in [2.45, 2.75) is 0 Å². The fourth-order valence-corrected chi connectivity index (χ4v) is 1.19. The van der Waals surface area contributed by atoms with Crippen LogP contribution in [-0.4, -0.2) is 27.0 Å². The Bertz CT molecular complexity index is 369. The van der Waals surface area contributed by atoms with E-state index in [1.165, 1.54) is 5.51 Å². The summed E-state index contributed by atoms with van der Waals surface area (Å²) in [5.74, 6) is -0.346. The molecule has 2 rings (SSSR count). The number of rotatable bonds is 1. The van der Waals surface area contributed by atoms with Crippen LogP contribution in [0.25, 0.3) is 0 Å². The summed E-state index contributed by atoms with van der Waals surface area (Å²) in [5, 5.41) is 2.00. The third-order valence-corrected chi connectivity index (χ3v) is 1.70. The number of urea groups is 1. The maximum Gasteiger partial charge on any atom is 0.348 e. The van der Waals surface area contributed by atoms with E-state index < -0.39 is 11.9 Å². The first kappa shape index (κ1) is 7.04. The van der Waals surface area contributed by atoms with Crippen molar-refractivity contribution in [3.8, 4) is 0 Å². The summed E-state index contributed by atoms with van der Waals surface area (Å²) >= 11 is 1.10. The Morgan fingerprint density at radius 1 is 1.42 bits per heavy atom. The first-order valence-electron chi connectivity index (χ1n) is 2.98. The van der Waals surface area contributed by atoms with Crippen LogP contribution in [0.3, 0.4) is 0 Å². The second-order valence-electron chi connectivity index (χ2n) is 1.97. The van der Waals surface area contributed by atoms with Gasteiger partial charge in [0.1, 0.15) is 5.51 Å². The molecule has 0 saturated heterocycles. The molecule has 0 spiro atoms. The minimum Gasteiger partial charge on any atom is -0.271 e. The van der Waals surface area contributed by atoms with Crippen molar-refractivity contribution < 1.29 is 9.59 Å². The average Bonchev–Trinajstić information content (AvgIpc) is 2.58. The second kappa shape index (κ2) is 2.45. The molecule has 1 aromatic rings. The largest absolute Gasteiger partial charge is 0.348 e. The number of hydrogen-bond acceptors (Lipinski definition) is 5. The zero-order chi connectivity index (χ0) is 8.55. The zero-order valence-corrected chi connectivity index (χ0v) is 6.46. The SMILES string of the molecule is O=C1N=C(c2ncsn2)C(=O)N1. The minimum atomic E-state index is -0.662. The number of carbonyl (C=O) groups is 2. The molecule has 0 radical (unpaired) electrons. The first-order valence-corrected chi connectivity index (χ1v) is 3.82. The Balaban J connectivity index is 2.43. The molecule has 2 heterocycles. The lowest BCUT2D eigenvalue weighted by molar-refractivity contribution is -0.113. The number of carbonyl (C=O) groups excluding carboxylic acids is 2. The van der Waals surface area contributed by atoms with Gasteiger partial charge in [-0.1, -0.05) is 0 Å². The Morgan fingerprint density at radius 2 is 2.25 bits per heavy atom. The van der Waals surface area contributed by atoms with Crippen molar-refractivity contribution >= 4 is 29.2 Å². The van der Waals surface area contributed by atoms with Crippen molar-refractivity contribution in [2.75, 3.05) is 0 Å². The van der Waals surface area contributed by atoms with Gasteiger partial charge in [-0.15, -0.1) is 0 Å². The first-order chi connectivity index (χ1) is 5.77. The third-order valence-electron chi connectivity index (χ3n) is 1.22. The topological polar surface area (TPSA) is 84.3 Å². The zero-order valence-electron chi connectivity index (χ0n) is 5.64. The normalized spacial score (nSPS) is 16.2. The van der Waals surface area contributed by atoms with Crippen LogP contribution in [0.15, 0.2) is 10.5 Å². The van der Waals surface area contributed by atoms with Crippen molar-refractivity contribution in [1.29, 1.82) is 0 Å². The molecular weight excluding hydrogens is 180 g/mol. The smallest absolute Gasteiger partial charge is 0.271 e. The summed E-state index contributed by atoms with van der Waals surface area (Å²) in [6, 6.07) is -0.662. The highest BCUT2D eigenvalue weighted by atomic mass is 32.1. The molecular formula is C5H2N4O2S. The van der Waals surface area contributed by atoms with Gasteiger partial charge in [-0.2, -0.15) is 9.37 Å². The van der Waals surface area contributed by atoms with Crippen LogP contribution in [0.4, 0.5) is 4.79 Å². The van der Waals surface area contributed by atoms with E-state index in [9.17, 15) is 9.59 Å². The summed E-state index contributed by atoms with van der Waals surface area (Å²) in [6.07, 6.45) is 0. The molecule has 1 aliphatic heterocycles. The number of aliphatic imine (C=N–C) groups is 1. The van der Waals surface area contributed by atoms with Crippen molar-refractivity contribution in [1.82, 2.24) is 14.7 Å².